The van der Waals surface area contributed by atoms with Gasteiger partial charge in [0, 0.05) is 17.8 Å². The summed E-state index contributed by atoms with van der Waals surface area (Å²) in [4.78, 5) is 37.0. The van der Waals surface area contributed by atoms with Crippen molar-refractivity contribution >= 4 is 23.5 Å². The van der Waals surface area contributed by atoms with E-state index in [4.69, 9.17) is 5.11 Å². The Morgan fingerprint density at radius 1 is 0.822 bits per heavy atom. The highest BCUT2D eigenvalue weighted by atomic mass is 19.4. The fraction of sp³-hybridized carbons (Fsp3) is 0.323. The number of carboxylic acid groups (broad SMARTS) is 1. The molecule has 3 rings (SSSR count). The molecule has 45 heavy (non-hydrogen) atoms. The molecular formula is C31H30F6N2O6. The molecule has 0 bridgehead atoms. The molecule has 0 aliphatic carbocycles. The van der Waals surface area contributed by atoms with Crippen LogP contribution in [-0.2, 0) is 9.59 Å². The number of ether oxygens (including phenoxy) is 2. The minimum atomic E-state index is -4.93. The third-order valence-electron chi connectivity index (χ3n) is 6.67. The number of aryl methyl sites for hydroxylation is 1. The molecule has 14 heteroatoms. The Labute approximate surface area is 254 Å². The van der Waals surface area contributed by atoms with E-state index in [1.54, 1.807) is 12.1 Å². The van der Waals surface area contributed by atoms with E-state index in [-0.39, 0.29) is 29.8 Å². The van der Waals surface area contributed by atoms with Crippen molar-refractivity contribution in [3.8, 4) is 11.5 Å². The van der Waals surface area contributed by atoms with Crippen molar-refractivity contribution in [2.24, 2.45) is 0 Å². The highest BCUT2D eigenvalue weighted by Crippen LogP contribution is 2.39. The first-order valence-corrected chi connectivity index (χ1v) is 13.7. The Morgan fingerprint density at radius 3 is 1.91 bits per heavy atom. The molecule has 2 amide bonds. The third kappa shape index (κ3) is 10.7. The number of benzene rings is 3. The minimum absolute atomic E-state index is 0.0760. The number of nitrogens with one attached hydrogen (secondary N) is 2. The highest BCUT2D eigenvalue weighted by Gasteiger charge is 2.34. The number of hydrogen-bond donors (Lipinski definition) is 3. The van der Waals surface area contributed by atoms with Crippen molar-refractivity contribution < 1.29 is 55.3 Å². The van der Waals surface area contributed by atoms with Crippen LogP contribution in [-0.4, -0.2) is 42.2 Å². The molecule has 0 radical (unpaired) electrons. The monoisotopic (exact) mass is 640 g/mol. The van der Waals surface area contributed by atoms with Crippen LogP contribution in [0.3, 0.4) is 0 Å². The van der Waals surface area contributed by atoms with E-state index in [1.165, 1.54) is 37.3 Å². The molecule has 0 spiro atoms. The summed E-state index contributed by atoms with van der Waals surface area (Å²) in [6.07, 6.45) is -9.08. The Morgan fingerprint density at radius 2 is 1.38 bits per heavy atom. The number of rotatable bonds is 13. The lowest BCUT2D eigenvalue weighted by Crippen LogP contribution is -2.28. The zero-order valence-corrected chi connectivity index (χ0v) is 24.1. The first-order chi connectivity index (χ1) is 21.1. The maximum absolute atomic E-state index is 13.9. The smallest absolute Gasteiger partial charge is 0.481 e. The van der Waals surface area contributed by atoms with Crippen LogP contribution in [0.15, 0.2) is 66.7 Å². The number of carboxylic acids is 1. The quantitative estimate of drug-likeness (QED) is 0.169. The molecule has 3 aromatic carbocycles. The lowest BCUT2D eigenvalue weighted by molar-refractivity contribution is -0.275. The summed E-state index contributed by atoms with van der Waals surface area (Å²) in [6.45, 7) is 3.27. The van der Waals surface area contributed by atoms with E-state index >= 15 is 0 Å². The molecule has 2 atom stereocenters. The van der Waals surface area contributed by atoms with Gasteiger partial charge in [0.05, 0.1) is 12.3 Å². The molecule has 0 saturated heterocycles. The average Bonchev–Trinajstić information content (AvgIpc) is 2.93. The van der Waals surface area contributed by atoms with Crippen LogP contribution in [0.2, 0.25) is 0 Å². The second-order valence-electron chi connectivity index (χ2n) is 10.0. The summed E-state index contributed by atoms with van der Waals surface area (Å²) >= 11 is 0. The average molecular weight is 641 g/mol. The van der Waals surface area contributed by atoms with E-state index in [0.717, 1.165) is 24.3 Å². The number of carbonyl (C=O) groups excluding carboxylic acids is 2. The first kappa shape index (κ1) is 34.7. The molecule has 0 aliphatic rings. The number of hydrogen-bond acceptors (Lipinski definition) is 5. The largest absolute Gasteiger partial charge is 0.573 e. The summed E-state index contributed by atoms with van der Waals surface area (Å²) < 4.78 is 84.2. The van der Waals surface area contributed by atoms with Gasteiger partial charge in [-0.05, 0) is 78.4 Å². The number of anilines is 1. The van der Waals surface area contributed by atoms with E-state index in [2.05, 4.69) is 20.1 Å². The Bertz CT molecular complexity index is 1470. The van der Waals surface area contributed by atoms with Gasteiger partial charge in [0.25, 0.3) is 5.91 Å². The number of alkyl halides is 6. The van der Waals surface area contributed by atoms with Crippen molar-refractivity contribution in [2.75, 3.05) is 11.9 Å². The molecule has 0 saturated carbocycles. The van der Waals surface area contributed by atoms with Gasteiger partial charge in [0.2, 0.25) is 5.91 Å². The summed E-state index contributed by atoms with van der Waals surface area (Å²) in [5.74, 6) is -4.68. The molecule has 0 fully saturated rings. The maximum atomic E-state index is 13.9. The van der Waals surface area contributed by atoms with E-state index in [0.29, 0.717) is 24.0 Å². The number of aliphatic carboxylic acids is 1. The van der Waals surface area contributed by atoms with Gasteiger partial charge in [-0.2, -0.15) is 0 Å². The van der Waals surface area contributed by atoms with Crippen LogP contribution < -0.4 is 20.1 Å². The Balaban J connectivity index is 1.97. The summed E-state index contributed by atoms with van der Waals surface area (Å²) in [6, 6.07) is 14.5. The lowest BCUT2D eigenvalue weighted by Gasteiger charge is -2.28. The van der Waals surface area contributed by atoms with Crippen LogP contribution in [0.5, 0.6) is 11.5 Å². The topological polar surface area (TPSA) is 114 Å². The lowest BCUT2D eigenvalue weighted by atomic mass is 9.78. The fourth-order valence-electron chi connectivity index (χ4n) is 4.73. The standard InChI is InChI=1S/C31H30F6N2O6/c1-3-4-24(19-5-7-21(8-6-19)28(42)38-16-15-26(40)41)27(20-9-11-22(12-10-20)44-30(32,33)34)29(43)39-25-14-13-23(17-18(25)2)45-31(35,36)37/h5-14,17,24,27H,3-4,15-16H2,1-2H3,(H,38,42)(H,39,43)(H,40,41)/t24-,27+/m0/s1. The number of carbonyl (C=O) groups is 3. The third-order valence-corrected chi connectivity index (χ3v) is 6.67. The Hall–Kier alpha value is -4.75. The highest BCUT2D eigenvalue weighted by molar-refractivity contribution is 5.97. The SMILES string of the molecule is CCC[C@@H](c1ccc(C(=O)NCCC(=O)O)cc1)[C@H](C(=O)Nc1ccc(OC(F)(F)F)cc1C)c1ccc(OC(F)(F)F)cc1. The first-order valence-electron chi connectivity index (χ1n) is 13.7. The van der Waals surface area contributed by atoms with Gasteiger partial charge < -0.3 is 25.2 Å². The summed E-state index contributed by atoms with van der Waals surface area (Å²) in [5, 5.41) is 14.0. The van der Waals surface area contributed by atoms with Gasteiger partial charge in [-0.15, -0.1) is 26.3 Å². The summed E-state index contributed by atoms with van der Waals surface area (Å²) in [5.41, 5.74) is 1.67. The molecule has 0 unspecified atom stereocenters. The molecular weight excluding hydrogens is 610 g/mol. The fourth-order valence-corrected chi connectivity index (χ4v) is 4.73. The molecule has 0 heterocycles. The van der Waals surface area contributed by atoms with Gasteiger partial charge in [-0.3, -0.25) is 14.4 Å². The van der Waals surface area contributed by atoms with Gasteiger partial charge in [-0.25, -0.2) is 0 Å². The van der Waals surface area contributed by atoms with E-state index in [1.807, 2.05) is 6.92 Å². The van der Waals surface area contributed by atoms with Crippen LogP contribution in [0.25, 0.3) is 0 Å². The zero-order valence-electron chi connectivity index (χ0n) is 24.1. The van der Waals surface area contributed by atoms with Crippen LogP contribution >= 0.6 is 0 Å². The van der Waals surface area contributed by atoms with Crippen molar-refractivity contribution in [2.45, 2.75) is 57.7 Å². The molecule has 3 aromatic rings. The van der Waals surface area contributed by atoms with Gasteiger partial charge in [-0.1, -0.05) is 37.6 Å². The van der Waals surface area contributed by atoms with Gasteiger partial charge in [0.15, 0.2) is 0 Å². The Kier molecular flexibility index (Phi) is 11.4. The van der Waals surface area contributed by atoms with Crippen molar-refractivity contribution in [1.29, 1.82) is 0 Å². The predicted octanol–water partition coefficient (Wildman–Crippen LogP) is 7.30. The van der Waals surface area contributed by atoms with Crippen molar-refractivity contribution in [1.82, 2.24) is 5.32 Å². The second-order valence-corrected chi connectivity index (χ2v) is 10.0. The predicted molar refractivity (Wildman–Crippen MR) is 151 cm³/mol. The van der Waals surface area contributed by atoms with Gasteiger partial charge in [0.1, 0.15) is 11.5 Å². The maximum Gasteiger partial charge on any atom is 0.573 e. The van der Waals surface area contributed by atoms with E-state index < -0.39 is 53.8 Å². The number of amides is 2. The summed E-state index contributed by atoms with van der Waals surface area (Å²) in [7, 11) is 0. The normalized spacial score (nSPS) is 13.0. The molecule has 0 aromatic heterocycles. The second kappa shape index (κ2) is 14.8. The zero-order chi connectivity index (χ0) is 33.4. The van der Waals surface area contributed by atoms with Crippen molar-refractivity contribution in [3.63, 3.8) is 0 Å². The van der Waals surface area contributed by atoms with E-state index in [9.17, 15) is 40.7 Å². The molecule has 242 valence electrons. The van der Waals surface area contributed by atoms with Crippen LogP contribution in [0, 0.1) is 6.92 Å². The molecule has 0 aliphatic heterocycles. The molecule has 8 nitrogen and oxygen atoms in total. The van der Waals surface area contributed by atoms with Crippen LogP contribution in [0.1, 0.15) is 65.1 Å². The van der Waals surface area contributed by atoms with Crippen molar-refractivity contribution in [3.05, 3.63) is 89.0 Å². The molecule has 3 N–H and O–H groups in total. The van der Waals surface area contributed by atoms with Crippen LogP contribution in [0.4, 0.5) is 32.0 Å². The van der Waals surface area contributed by atoms with Gasteiger partial charge >= 0.3 is 18.7 Å². The minimum Gasteiger partial charge on any atom is -0.481 e. The number of halogens is 6.